The van der Waals surface area contributed by atoms with Crippen LogP contribution in [0.1, 0.15) is 22.8 Å². The van der Waals surface area contributed by atoms with Gasteiger partial charge in [0.25, 0.3) is 9.05 Å². The van der Waals surface area contributed by atoms with Crippen LogP contribution in [0.2, 0.25) is 5.02 Å². The zero-order valence-electron chi connectivity index (χ0n) is 9.16. The molecule has 0 radical (unpaired) electrons. The molecule has 0 aliphatic rings. The fraction of sp³-hybridized carbons (Fsp3) is 0.300. The molecule has 1 aromatic rings. The van der Waals surface area contributed by atoms with Gasteiger partial charge in [-0.05, 0) is 31.5 Å². The van der Waals surface area contributed by atoms with Crippen LogP contribution < -0.4 is 0 Å². The second-order valence-electron chi connectivity index (χ2n) is 3.26. The molecule has 0 fully saturated rings. The highest BCUT2D eigenvalue weighted by Gasteiger charge is 2.20. The van der Waals surface area contributed by atoms with Crippen molar-refractivity contribution in [2.75, 3.05) is 6.61 Å². The molecule has 0 aliphatic heterocycles. The summed E-state index contributed by atoms with van der Waals surface area (Å²) >= 11 is 5.84. The smallest absolute Gasteiger partial charge is 0.339 e. The van der Waals surface area contributed by atoms with E-state index in [0.717, 1.165) is 6.07 Å². The molecule has 0 bridgehead atoms. The fourth-order valence-corrected chi connectivity index (χ4v) is 2.78. The number of halogens is 2. The zero-order chi connectivity index (χ0) is 13.2. The minimum Gasteiger partial charge on any atom is -0.462 e. The van der Waals surface area contributed by atoms with Crippen LogP contribution in [-0.4, -0.2) is 21.0 Å². The molecule has 0 heterocycles. The minimum atomic E-state index is -3.92. The molecule has 0 aromatic heterocycles. The maximum Gasteiger partial charge on any atom is 0.339 e. The number of ether oxygens (including phenoxy) is 1. The first kappa shape index (κ1) is 14.3. The Labute approximate surface area is 109 Å². The first-order valence-corrected chi connectivity index (χ1v) is 7.38. The van der Waals surface area contributed by atoms with Crippen LogP contribution in [0, 0.1) is 6.92 Å². The van der Waals surface area contributed by atoms with E-state index < -0.39 is 15.0 Å². The molecule has 0 aliphatic carbocycles. The second-order valence-corrected chi connectivity index (χ2v) is 6.20. The van der Waals surface area contributed by atoms with Crippen LogP contribution >= 0.6 is 22.3 Å². The van der Waals surface area contributed by atoms with E-state index in [1.807, 2.05) is 0 Å². The Morgan fingerprint density at radius 2 is 2.00 bits per heavy atom. The first-order valence-electron chi connectivity index (χ1n) is 4.69. The molecular weight excluding hydrogens is 287 g/mol. The van der Waals surface area contributed by atoms with Crippen molar-refractivity contribution in [3.8, 4) is 0 Å². The molecule has 0 atom stereocenters. The lowest BCUT2D eigenvalue weighted by atomic mass is 10.1. The maximum absolute atomic E-state index is 11.5. The topological polar surface area (TPSA) is 60.4 Å². The molecule has 0 unspecified atom stereocenters. The standard InChI is InChI=1S/C10H10Cl2O4S/c1-3-16-10(13)7-5-9(17(12,14)15)6(2)4-8(7)11/h4-5H,3H2,1-2H3. The number of carbonyl (C=O) groups excluding carboxylic acids is 1. The van der Waals surface area contributed by atoms with Crippen LogP contribution in [0.3, 0.4) is 0 Å². The van der Waals surface area contributed by atoms with Crippen LogP contribution in [0.15, 0.2) is 17.0 Å². The quantitative estimate of drug-likeness (QED) is 0.636. The molecule has 0 N–H and O–H groups in total. The van der Waals surface area contributed by atoms with Crippen molar-refractivity contribution in [2.24, 2.45) is 0 Å². The van der Waals surface area contributed by atoms with E-state index in [0.29, 0.717) is 5.56 Å². The molecule has 0 amide bonds. The maximum atomic E-state index is 11.5. The summed E-state index contributed by atoms with van der Waals surface area (Å²) in [6, 6.07) is 2.49. The summed E-state index contributed by atoms with van der Waals surface area (Å²) < 4.78 is 27.3. The van der Waals surface area contributed by atoms with Crippen molar-refractivity contribution in [3.63, 3.8) is 0 Å². The highest BCUT2D eigenvalue weighted by molar-refractivity contribution is 8.13. The van der Waals surface area contributed by atoms with Crippen LogP contribution in [0.5, 0.6) is 0 Å². The Morgan fingerprint density at radius 1 is 1.41 bits per heavy atom. The Kier molecular flexibility index (Phi) is 4.41. The lowest BCUT2D eigenvalue weighted by Crippen LogP contribution is -2.07. The molecule has 0 saturated heterocycles. The average Bonchev–Trinajstić information content (AvgIpc) is 2.15. The highest BCUT2D eigenvalue weighted by atomic mass is 35.7. The van der Waals surface area contributed by atoms with Gasteiger partial charge in [-0.15, -0.1) is 0 Å². The van der Waals surface area contributed by atoms with E-state index in [2.05, 4.69) is 0 Å². The van der Waals surface area contributed by atoms with Gasteiger partial charge in [-0.25, -0.2) is 13.2 Å². The van der Waals surface area contributed by atoms with Crippen LogP contribution in [-0.2, 0) is 13.8 Å². The molecule has 1 rings (SSSR count). The number of hydrogen-bond donors (Lipinski definition) is 0. The van der Waals surface area contributed by atoms with Crippen molar-refractivity contribution < 1.29 is 17.9 Å². The molecule has 94 valence electrons. The molecule has 4 nitrogen and oxygen atoms in total. The van der Waals surface area contributed by atoms with Crippen molar-refractivity contribution in [2.45, 2.75) is 18.7 Å². The third-order valence-corrected chi connectivity index (χ3v) is 3.80. The van der Waals surface area contributed by atoms with E-state index in [-0.39, 0.29) is 22.1 Å². The monoisotopic (exact) mass is 296 g/mol. The number of esters is 1. The van der Waals surface area contributed by atoms with Gasteiger partial charge in [0.2, 0.25) is 0 Å². The third kappa shape index (κ3) is 3.34. The van der Waals surface area contributed by atoms with E-state index in [1.165, 1.54) is 13.0 Å². The molecule has 1 aromatic carbocycles. The van der Waals surface area contributed by atoms with Crippen LogP contribution in [0.25, 0.3) is 0 Å². The van der Waals surface area contributed by atoms with Crippen molar-refractivity contribution >= 4 is 37.3 Å². The van der Waals surface area contributed by atoms with Gasteiger partial charge in [-0.2, -0.15) is 0 Å². The highest BCUT2D eigenvalue weighted by Crippen LogP contribution is 2.27. The number of hydrogen-bond acceptors (Lipinski definition) is 4. The summed E-state index contributed by atoms with van der Waals surface area (Å²) in [5.74, 6) is -0.681. The average molecular weight is 297 g/mol. The van der Waals surface area contributed by atoms with Gasteiger partial charge in [-0.1, -0.05) is 11.6 Å². The molecule has 0 saturated carbocycles. The summed E-state index contributed by atoms with van der Waals surface area (Å²) in [7, 11) is 1.33. The van der Waals surface area contributed by atoms with Crippen molar-refractivity contribution in [1.82, 2.24) is 0 Å². The molecule has 17 heavy (non-hydrogen) atoms. The van der Waals surface area contributed by atoms with Gasteiger partial charge in [-0.3, -0.25) is 0 Å². The van der Waals surface area contributed by atoms with E-state index >= 15 is 0 Å². The normalized spacial score (nSPS) is 11.3. The van der Waals surface area contributed by atoms with Gasteiger partial charge in [0, 0.05) is 10.7 Å². The number of carbonyl (C=O) groups is 1. The number of aryl methyl sites for hydroxylation is 1. The largest absolute Gasteiger partial charge is 0.462 e. The van der Waals surface area contributed by atoms with Gasteiger partial charge < -0.3 is 4.74 Å². The van der Waals surface area contributed by atoms with Gasteiger partial charge in [0.05, 0.1) is 22.1 Å². The Balaban J connectivity index is 3.39. The van der Waals surface area contributed by atoms with Crippen molar-refractivity contribution in [1.29, 1.82) is 0 Å². The van der Waals surface area contributed by atoms with E-state index in [9.17, 15) is 13.2 Å². The molecule has 7 heteroatoms. The molecular formula is C10H10Cl2O4S. The lowest BCUT2D eigenvalue weighted by molar-refractivity contribution is 0.0526. The van der Waals surface area contributed by atoms with E-state index in [1.54, 1.807) is 6.92 Å². The predicted molar refractivity (Wildman–Crippen MR) is 65.2 cm³/mol. The molecule has 0 spiro atoms. The summed E-state index contributed by atoms with van der Waals surface area (Å²) in [4.78, 5) is 11.4. The predicted octanol–water partition coefficient (Wildman–Crippen LogP) is 2.75. The van der Waals surface area contributed by atoms with Crippen LogP contribution in [0.4, 0.5) is 0 Å². The zero-order valence-corrected chi connectivity index (χ0v) is 11.5. The Morgan fingerprint density at radius 3 is 2.47 bits per heavy atom. The SMILES string of the molecule is CCOC(=O)c1cc(S(=O)(=O)Cl)c(C)cc1Cl. The van der Waals surface area contributed by atoms with Crippen molar-refractivity contribution in [3.05, 3.63) is 28.3 Å². The Hall–Kier alpha value is -0.780. The van der Waals surface area contributed by atoms with E-state index in [4.69, 9.17) is 27.0 Å². The fourth-order valence-electron chi connectivity index (χ4n) is 1.28. The first-order chi connectivity index (χ1) is 7.77. The number of benzene rings is 1. The lowest BCUT2D eigenvalue weighted by Gasteiger charge is -2.08. The van der Waals surface area contributed by atoms with Gasteiger partial charge in [0.1, 0.15) is 0 Å². The minimum absolute atomic E-state index is 0.0154. The second kappa shape index (κ2) is 5.25. The summed E-state index contributed by atoms with van der Waals surface area (Å²) in [5.41, 5.74) is 0.358. The third-order valence-electron chi connectivity index (χ3n) is 2.02. The summed E-state index contributed by atoms with van der Waals surface area (Å²) in [5, 5.41) is 0.130. The van der Waals surface area contributed by atoms with Gasteiger partial charge >= 0.3 is 5.97 Å². The summed E-state index contributed by atoms with van der Waals surface area (Å²) in [6.07, 6.45) is 0. The number of rotatable bonds is 3. The van der Waals surface area contributed by atoms with Gasteiger partial charge in [0.15, 0.2) is 0 Å². The Bertz CT molecular complexity index is 552. The summed E-state index contributed by atoms with van der Waals surface area (Å²) in [6.45, 7) is 3.35.